The summed E-state index contributed by atoms with van der Waals surface area (Å²) in [6, 6.07) is 13.7. The Morgan fingerprint density at radius 2 is 1.65 bits per heavy atom. The molecule has 0 saturated carbocycles. The molecule has 31 heavy (non-hydrogen) atoms. The fraction of sp³-hybridized carbons (Fsp3) is 0.423. The summed E-state index contributed by atoms with van der Waals surface area (Å²) in [5, 5.41) is 21.2. The molecule has 1 aromatic heterocycles. The minimum Gasteiger partial charge on any atom is -0.508 e. The minimum atomic E-state index is 0.496. The third-order valence-electron chi connectivity index (χ3n) is 5.39. The van der Waals surface area contributed by atoms with Gasteiger partial charge < -0.3 is 9.84 Å². The Morgan fingerprint density at radius 3 is 2.29 bits per heavy atom. The predicted molar refractivity (Wildman–Crippen MR) is 127 cm³/mol. The number of benzene rings is 2. The molecule has 3 rings (SSSR count). The van der Waals surface area contributed by atoms with Gasteiger partial charge in [0, 0.05) is 5.56 Å². The van der Waals surface area contributed by atoms with E-state index in [0.717, 1.165) is 24.8 Å². The first kappa shape index (κ1) is 24.3. The quantitative estimate of drug-likeness (QED) is 0.417. The van der Waals surface area contributed by atoms with Gasteiger partial charge >= 0.3 is 0 Å². The standard InChI is InChI=1S/C16H26O.C10H9N3O/c1-4-7-8-9-10-15-14(6-3)13(5-2)11-12-16(15)17;1-14-9-7-11-13-12-10(9)8-5-3-2-4-6-8/h11-12,17H,4-10H2,1-3H3;2-7H,1H3. The number of unbranched alkanes of at least 4 members (excludes halogenated alkanes) is 3. The summed E-state index contributed by atoms with van der Waals surface area (Å²) in [7, 11) is 1.59. The Bertz CT molecular complexity index is 914. The van der Waals surface area contributed by atoms with Crippen molar-refractivity contribution in [3.05, 3.63) is 65.4 Å². The van der Waals surface area contributed by atoms with Crippen molar-refractivity contribution >= 4 is 0 Å². The van der Waals surface area contributed by atoms with E-state index in [9.17, 15) is 5.11 Å². The van der Waals surface area contributed by atoms with E-state index in [0.29, 0.717) is 17.2 Å². The molecule has 5 nitrogen and oxygen atoms in total. The number of phenolic OH excluding ortho intramolecular Hbond substituents is 1. The largest absolute Gasteiger partial charge is 0.508 e. The first-order chi connectivity index (χ1) is 15.2. The number of hydrogen-bond acceptors (Lipinski definition) is 5. The number of ether oxygens (including phenoxy) is 1. The summed E-state index contributed by atoms with van der Waals surface area (Å²) in [6.45, 7) is 6.60. The normalized spacial score (nSPS) is 10.3. The van der Waals surface area contributed by atoms with E-state index in [-0.39, 0.29) is 0 Å². The molecule has 5 heteroatoms. The van der Waals surface area contributed by atoms with E-state index in [1.54, 1.807) is 13.3 Å². The number of methoxy groups -OCH3 is 1. The number of aryl methyl sites for hydroxylation is 1. The van der Waals surface area contributed by atoms with Crippen LogP contribution >= 0.6 is 0 Å². The van der Waals surface area contributed by atoms with Crippen LogP contribution in [0.1, 0.15) is 63.1 Å². The van der Waals surface area contributed by atoms with Gasteiger partial charge in [-0.2, -0.15) is 0 Å². The molecule has 166 valence electrons. The van der Waals surface area contributed by atoms with Crippen molar-refractivity contribution < 1.29 is 9.84 Å². The maximum absolute atomic E-state index is 10.00. The monoisotopic (exact) mass is 421 g/mol. The lowest BCUT2D eigenvalue weighted by Gasteiger charge is -2.14. The maximum Gasteiger partial charge on any atom is 0.167 e. The lowest BCUT2D eigenvalue weighted by atomic mass is 9.93. The van der Waals surface area contributed by atoms with Crippen LogP contribution in [0.25, 0.3) is 11.3 Å². The van der Waals surface area contributed by atoms with Crippen LogP contribution in [0.2, 0.25) is 0 Å². The first-order valence-corrected chi connectivity index (χ1v) is 11.3. The smallest absolute Gasteiger partial charge is 0.167 e. The summed E-state index contributed by atoms with van der Waals surface area (Å²) in [5.41, 5.74) is 5.66. The molecule has 0 atom stereocenters. The number of phenols is 1. The van der Waals surface area contributed by atoms with Gasteiger partial charge in [-0.1, -0.05) is 76.4 Å². The molecule has 1 N–H and O–H groups in total. The van der Waals surface area contributed by atoms with E-state index in [1.165, 1.54) is 42.4 Å². The van der Waals surface area contributed by atoms with Gasteiger partial charge in [-0.25, -0.2) is 0 Å². The second-order valence-electron chi connectivity index (χ2n) is 7.44. The summed E-state index contributed by atoms with van der Waals surface area (Å²) in [4.78, 5) is 0. The van der Waals surface area contributed by atoms with Gasteiger partial charge in [-0.3, -0.25) is 0 Å². The molecular formula is C26H35N3O2. The molecule has 0 spiro atoms. The minimum absolute atomic E-state index is 0.496. The first-order valence-electron chi connectivity index (χ1n) is 11.3. The highest BCUT2D eigenvalue weighted by atomic mass is 16.5. The molecule has 0 saturated heterocycles. The van der Waals surface area contributed by atoms with Crippen molar-refractivity contribution in [3.63, 3.8) is 0 Å². The lowest BCUT2D eigenvalue weighted by molar-refractivity contribution is 0.410. The highest BCUT2D eigenvalue weighted by Crippen LogP contribution is 2.28. The van der Waals surface area contributed by atoms with Gasteiger partial charge in [0.25, 0.3) is 0 Å². The third-order valence-corrected chi connectivity index (χ3v) is 5.39. The van der Waals surface area contributed by atoms with Crippen LogP contribution < -0.4 is 4.74 Å². The topological polar surface area (TPSA) is 68.1 Å². The van der Waals surface area contributed by atoms with Crippen LogP contribution in [0.15, 0.2) is 48.7 Å². The zero-order chi connectivity index (χ0) is 22.5. The maximum atomic E-state index is 10.00. The average molecular weight is 422 g/mol. The van der Waals surface area contributed by atoms with Crippen molar-refractivity contribution in [3.8, 4) is 22.8 Å². The Labute approximate surface area is 186 Å². The predicted octanol–water partition coefficient (Wildman–Crippen LogP) is 6.19. The van der Waals surface area contributed by atoms with E-state index >= 15 is 0 Å². The van der Waals surface area contributed by atoms with Gasteiger partial charge in [0.15, 0.2) is 5.75 Å². The van der Waals surface area contributed by atoms with Crippen LogP contribution in [-0.4, -0.2) is 27.6 Å². The molecule has 0 aliphatic rings. The Balaban J connectivity index is 0.000000224. The number of aromatic hydroxyl groups is 1. The molecule has 0 fully saturated rings. The molecule has 2 aromatic carbocycles. The zero-order valence-corrected chi connectivity index (χ0v) is 19.3. The summed E-state index contributed by atoms with van der Waals surface area (Å²) >= 11 is 0. The molecule has 0 bridgehead atoms. The molecule has 1 heterocycles. The number of rotatable bonds is 9. The molecule has 0 radical (unpaired) electrons. The Hall–Kier alpha value is -2.95. The highest BCUT2D eigenvalue weighted by Gasteiger charge is 2.10. The fourth-order valence-corrected chi connectivity index (χ4v) is 3.71. The molecular weight excluding hydrogens is 386 g/mol. The summed E-state index contributed by atoms with van der Waals surface area (Å²) < 4.78 is 5.13. The average Bonchev–Trinajstić information content (AvgIpc) is 2.83. The zero-order valence-electron chi connectivity index (χ0n) is 19.3. The van der Waals surface area contributed by atoms with E-state index in [1.807, 2.05) is 36.4 Å². The second kappa shape index (κ2) is 13.4. The van der Waals surface area contributed by atoms with Crippen LogP contribution in [-0.2, 0) is 19.3 Å². The molecule has 0 amide bonds. The van der Waals surface area contributed by atoms with Crippen molar-refractivity contribution in [2.24, 2.45) is 0 Å². The molecule has 3 aromatic rings. The third kappa shape index (κ3) is 7.06. The van der Waals surface area contributed by atoms with Gasteiger partial charge in [0.1, 0.15) is 11.4 Å². The molecule has 0 unspecified atom stereocenters. The van der Waals surface area contributed by atoms with E-state index < -0.39 is 0 Å². The van der Waals surface area contributed by atoms with Gasteiger partial charge in [0.2, 0.25) is 0 Å². The van der Waals surface area contributed by atoms with Crippen LogP contribution in [0.3, 0.4) is 0 Å². The van der Waals surface area contributed by atoms with Gasteiger partial charge in [-0.05, 0) is 53.7 Å². The Kier molecular flexibility index (Phi) is 10.5. The number of hydrogen-bond donors (Lipinski definition) is 1. The van der Waals surface area contributed by atoms with Crippen molar-refractivity contribution in [2.75, 3.05) is 7.11 Å². The van der Waals surface area contributed by atoms with Crippen LogP contribution in [0.5, 0.6) is 11.5 Å². The van der Waals surface area contributed by atoms with Crippen molar-refractivity contribution in [1.82, 2.24) is 15.4 Å². The van der Waals surface area contributed by atoms with Gasteiger partial charge in [-0.15, -0.1) is 10.2 Å². The van der Waals surface area contributed by atoms with Crippen LogP contribution in [0.4, 0.5) is 0 Å². The van der Waals surface area contributed by atoms with Gasteiger partial charge in [0.05, 0.1) is 13.3 Å². The lowest BCUT2D eigenvalue weighted by Crippen LogP contribution is -1.99. The summed E-state index contributed by atoms with van der Waals surface area (Å²) in [5.74, 6) is 1.13. The Morgan fingerprint density at radius 1 is 0.871 bits per heavy atom. The van der Waals surface area contributed by atoms with Crippen molar-refractivity contribution in [2.45, 2.75) is 65.7 Å². The number of nitrogens with zero attached hydrogens (tertiary/aromatic N) is 3. The molecule has 0 aliphatic heterocycles. The van der Waals surface area contributed by atoms with E-state index in [2.05, 4.69) is 42.2 Å². The SMILES string of the molecule is CCCCCCc1c(O)ccc(CC)c1CC.COc1cnnnc1-c1ccccc1. The second-order valence-corrected chi connectivity index (χ2v) is 7.44. The number of aromatic nitrogens is 3. The summed E-state index contributed by atoms with van der Waals surface area (Å²) in [6.07, 6.45) is 9.71. The van der Waals surface area contributed by atoms with E-state index in [4.69, 9.17) is 4.74 Å². The van der Waals surface area contributed by atoms with Crippen molar-refractivity contribution in [1.29, 1.82) is 0 Å². The van der Waals surface area contributed by atoms with Crippen LogP contribution in [0, 0.1) is 0 Å². The molecule has 0 aliphatic carbocycles. The fourth-order valence-electron chi connectivity index (χ4n) is 3.71. The highest BCUT2D eigenvalue weighted by molar-refractivity contribution is 5.64.